The number of hydrogen-bond donors (Lipinski definition) is 0. The Bertz CT molecular complexity index is 958. The van der Waals surface area contributed by atoms with Gasteiger partial charge in [-0.15, -0.1) is 0 Å². The molecule has 9 heteroatoms. The molecular weight excluding hydrogens is 408 g/mol. The topological polar surface area (TPSA) is 107 Å². The zero-order chi connectivity index (χ0) is 22.0. The highest BCUT2D eigenvalue weighted by Crippen LogP contribution is 2.63. The molecule has 9 nitrogen and oxygen atoms in total. The van der Waals surface area contributed by atoms with Crippen LogP contribution in [-0.4, -0.2) is 63.0 Å². The molecule has 4 saturated heterocycles. The van der Waals surface area contributed by atoms with Crippen LogP contribution in [0.3, 0.4) is 0 Å². The van der Waals surface area contributed by atoms with Crippen LogP contribution in [0.25, 0.3) is 0 Å². The molecule has 5 rings (SSSR count). The Morgan fingerprint density at radius 3 is 2.74 bits per heavy atom. The van der Waals surface area contributed by atoms with Gasteiger partial charge in [-0.2, -0.15) is 0 Å². The van der Waals surface area contributed by atoms with Crippen molar-refractivity contribution in [3.8, 4) is 11.5 Å². The maximum atomic E-state index is 13.5. The van der Waals surface area contributed by atoms with Gasteiger partial charge in [0.05, 0.1) is 19.1 Å². The summed E-state index contributed by atoms with van der Waals surface area (Å²) in [5.74, 6) is -0.999. The second-order valence-electron chi connectivity index (χ2n) is 8.49. The number of ether oxygens (including phenoxy) is 6. The number of fused-ring (bicyclic) bond motifs is 1. The van der Waals surface area contributed by atoms with Crippen LogP contribution in [0.1, 0.15) is 31.4 Å². The van der Waals surface area contributed by atoms with Gasteiger partial charge in [0.25, 0.3) is 0 Å². The monoisotopic (exact) mass is 432 g/mol. The molecule has 0 radical (unpaired) electrons. The van der Waals surface area contributed by atoms with Crippen molar-refractivity contribution in [1.29, 1.82) is 0 Å². The number of cyclic esters (lactones) is 1. The molecule has 4 aliphatic heterocycles. The summed E-state index contributed by atoms with van der Waals surface area (Å²) in [6.45, 7) is 1.72. The van der Waals surface area contributed by atoms with Gasteiger partial charge in [-0.05, 0) is 30.5 Å². The molecule has 0 amide bonds. The lowest BCUT2D eigenvalue weighted by Crippen LogP contribution is -2.65. The molecule has 31 heavy (non-hydrogen) atoms. The molecular formula is C22H24O9. The van der Waals surface area contributed by atoms with E-state index in [9.17, 15) is 14.4 Å². The van der Waals surface area contributed by atoms with E-state index in [2.05, 4.69) is 0 Å². The van der Waals surface area contributed by atoms with Crippen molar-refractivity contribution in [2.24, 2.45) is 11.3 Å². The van der Waals surface area contributed by atoms with E-state index in [1.54, 1.807) is 18.2 Å². The predicted octanol–water partition coefficient (Wildman–Crippen LogP) is 1.37. The molecule has 0 N–H and O–H groups in total. The lowest BCUT2D eigenvalue weighted by atomic mass is 9.65. The second kappa shape index (κ2) is 7.01. The zero-order valence-electron chi connectivity index (χ0n) is 17.5. The second-order valence-corrected chi connectivity index (χ2v) is 8.49. The van der Waals surface area contributed by atoms with Crippen molar-refractivity contribution in [1.82, 2.24) is 0 Å². The number of methoxy groups -OCH3 is 2. The smallest absolute Gasteiger partial charge is 0.315 e. The maximum Gasteiger partial charge on any atom is 0.315 e. The molecule has 4 fully saturated rings. The normalized spacial score (nSPS) is 36.5. The Kier molecular flexibility index (Phi) is 4.62. The van der Waals surface area contributed by atoms with Gasteiger partial charge in [-0.3, -0.25) is 14.4 Å². The highest BCUT2D eigenvalue weighted by Gasteiger charge is 2.79. The molecule has 166 valence electrons. The molecule has 2 unspecified atom stereocenters. The summed E-state index contributed by atoms with van der Waals surface area (Å²) in [6, 6.07) is 5.01. The largest absolute Gasteiger partial charge is 0.493 e. The van der Waals surface area contributed by atoms with Crippen LogP contribution in [0.15, 0.2) is 18.2 Å². The number of esters is 2. The fraction of sp³-hybridized carbons (Fsp3) is 0.591. The first kappa shape index (κ1) is 20.4. The molecule has 2 bridgehead atoms. The van der Waals surface area contributed by atoms with Gasteiger partial charge in [0.2, 0.25) is 0 Å². The van der Waals surface area contributed by atoms with Crippen LogP contribution in [0.5, 0.6) is 11.5 Å². The first-order valence-corrected chi connectivity index (χ1v) is 10.3. The third-order valence-electron chi connectivity index (χ3n) is 7.11. The van der Waals surface area contributed by atoms with Gasteiger partial charge in [0, 0.05) is 20.6 Å². The van der Waals surface area contributed by atoms with E-state index in [0.29, 0.717) is 30.8 Å². The molecule has 4 heterocycles. The average Bonchev–Trinajstić information content (AvgIpc) is 3.24. The van der Waals surface area contributed by atoms with Crippen molar-refractivity contribution < 1.29 is 42.8 Å². The summed E-state index contributed by atoms with van der Waals surface area (Å²) in [6.07, 6.45) is -1.27. The van der Waals surface area contributed by atoms with Gasteiger partial charge in [-0.1, -0.05) is 6.07 Å². The lowest BCUT2D eigenvalue weighted by Gasteiger charge is -2.49. The van der Waals surface area contributed by atoms with Gasteiger partial charge in [0.1, 0.15) is 29.8 Å². The first-order valence-electron chi connectivity index (χ1n) is 10.3. The summed E-state index contributed by atoms with van der Waals surface area (Å²) >= 11 is 0. The molecule has 0 saturated carbocycles. The van der Waals surface area contributed by atoms with Gasteiger partial charge >= 0.3 is 11.9 Å². The summed E-state index contributed by atoms with van der Waals surface area (Å²) in [5, 5.41) is 0. The standard InChI is InChI=1S/C22H24O9/c1-11(23)30-13-5-4-12(8-14(13)26-2)18(27-3)16-17(24)15-9-21-6-7-28-19(16)22(21,31-15)10-29-20(21)25/h4-5,8,15-16,18-19H,6-7,9-10H2,1-3H3/t15-,16?,18?,19+,21+,22-/m1/s1. The number of hydrogen-bond acceptors (Lipinski definition) is 9. The average molecular weight is 432 g/mol. The minimum absolute atomic E-state index is 0.0714. The quantitative estimate of drug-likeness (QED) is 0.504. The number of carbonyl (C=O) groups excluding carboxylic acids is 3. The SMILES string of the molecule is COc1cc(C(OC)C2C(=O)[C@H]3C[C@]45CCO[C@@H]2[C@@]4(COC5=O)O3)ccc1OC(C)=O. The summed E-state index contributed by atoms with van der Waals surface area (Å²) < 4.78 is 34.0. The van der Waals surface area contributed by atoms with E-state index in [4.69, 9.17) is 28.4 Å². The van der Waals surface area contributed by atoms with Crippen LogP contribution < -0.4 is 9.47 Å². The summed E-state index contributed by atoms with van der Waals surface area (Å²) in [7, 11) is 2.98. The molecule has 0 aliphatic carbocycles. The Hall–Kier alpha value is -2.49. The Balaban J connectivity index is 1.55. The third-order valence-corrected chi connectivity index (χ3v) is 7.11. The van der Waals surface area contributed by atoms with E-state index in [1.165, 1.54) is 21.1 Å². The van der Waals surface area contributed by atoms with Crippen molar-refractivity contribution in [3.63, 3.8) is 0 Å². The summed E-state index contributed by atoms with van der Waals surface area (Å²) in [5.41, 5.74) is -1.17. The van der Waals surface area contributed by atoms with Gasteiger partial charge in [0.15, 0.2) is 17.3 Å². The number of ketones is 1. The van der Waals surface area contributed by atoms with Crippen molar-refractivity contribution >= 4 is 17.7 Å². The van der Waals surface area contributed by atoms with E-state index in [0.717, 1.165) is 0 Å². The fourth-order valence-electron chi connectivity index (χ4n) is 5.78. The van der Waals surface area contributed by atoms with E-state index >= 15 is 0 Å². The number of Topliss-reactive ketones (excluding diaryl/α,β-unsaturated/α-hetero) is 1. The van der Waals surface area contributed by atoms with Crippen molar-refractivity contribution in [2.75, 3.05) is 27.4 Å². The van der Waals surface area contributed by atoms with Gasteiger partial charge < -0.3 is 28.4 Å². The van der Waals surface area contributed by atoms with Crippen molar-refractivity contribution in [2.45, 2.75) is 43.7 Å². The Labute approximate surface area is 178 Å². The minimum atomic E-state index is -0.982. The van der Waals surface area contributed by atoms with Crippen LogP contribution in [0.4, 0.5) is 0 Å². The zero-order valence-corrected chi connectivity index (χ0v) is 17.5. The van der Waals surface area contributed by atoms with Crippen LogP contribution in [-0.2, 0) is 33.3 Å². The third kappa shape index (κ3) is 2.63. The lowest BCUT2D eigenvalue weighted by molar-refractivity contribution is -0.241. The number of benzene rings is 1. The Morgan fingerprint density at radius 2 is 2.03 bits per heavy atom. The number of carbonyl (C=O) groups is 3. The van der Waals surface area contributed by atoms with Crippen LogP contribution in [0.2, 0.25) is 0 Å². The molecule has 1 aromatic carbocycles. The molecule has 4 aliphatic rings. The molecule has 0 aromatic heterocycles. The summed E-state index contributed by atoms with van der Waals surface area (Å²) in [4.78, 5) is 37.5. The highest BCUT2D eigenvalue weighted by molar-refractivity contribution is 5.93. The molecule has 1 aromatic rings. The fourth-order valence-corrected chi connectivity index (χ4v) is 5.78. The van der Waals surface area contributed by atoms with E-state index < -0.39 is 41.2 Å². The molecule has 6 atom stereocenters. The predicted molar refractivity (Wildman–Crippen MR) is 103 cm³/mol. The van der Waals surface area contributed by atoms with E-state index in [1.807, 2.05) is 0 Å². The minimum Gasteiger partial charge on any atom is -0.493 e. The highest BCUT2D eigenvalue weighted by atomic mass is 16.6. The first-order chi connectivity index (χ1) is 14.9. The number of rotatable bonds is 5. The maximum absolute atomic E-state index is 13.5. The van der Waals surface area contributed by atoms with Crippen molar-refractivity contribution in [3.05, 3.63) is 23.8 Å². The van der Waals surface area contributed by atoms with Gasteiger partial charge in [-0.25, -0.2) is 0 Å². The van der Waals surface area contributed by atoms with Crippen LogP contribution >= 0.6 is 0 Å². The van der Waals surface area contributed by atoms with E-state index in [-0.39, 0.29) is 24.1 Å². The Morgan fingerprint density at radius 1 is 1.23 bits per heavy atom. The molecule has 1 spiro atoms. The van der Waals surface area contributed by atoms with Crippen LogP contribution in [0, 0.1) is 11.3 Å².